The Morgan fingerprint density at radius 3 is 2.65 bits per heavy atom. The van der Waals surface area contributed by atoms with Crippen molar-refractivity contribution in [3.63, 3.8) is 0 Å². The van der Waals surface area contributed by atoms with Crippen molar-refractivity contribution in [3.05, 3.63) is 75.3 Å². The topological polar surface area (TPSA) is 90.2 Å². The van der Waals surface area contributed by atoms with Crippen LogP contribution in [0.15, 0.2) is 53.5 Å². The summed E-state index contributed by atoms with van der Waals surface area (Å²) in [5.74, 6) is -0.526. The molecule has 0 N–H and O–H groups in total. The number of likely N-dealkylation sites (tertiary alicyclic amines) is 1. The molecule has 2 atom stereocenters. The zero-order valence-electron chi connectivity index (χ0n) is 19.1. The lowest BCUT2D eigenvalue weighted by atomic mass is 9.93. The molecule has 1 aliphatic heterocycles. The Kier molecular flexibility index (Phi) is 7.17. The maximum atomic E-state index is 13.1. The number of fused-ring (bicyclic) bond motifs is 1. The number of hydrogen-bond donors (Lipinski definition) is 0. The number of nitrogens with zero attached hydrogens (tertiary/aromatic N) is 3. The molecular weight excluding hydrogens is 458 g/mol. The van der Waals surface area contributed by atoms with Gasteiger partial charge in [0.15, 0.2) is 0 Å². The Labute approximate surface area is 202 Å². The summed E-state index contributed by atoms with van der Waals surface area (Å²) < 4.78 is 12.1. The van der Waals surface area contributed by atoms with Crippen LogP contribution < -0.4 is 10.3 Å². The molecule has 8 nitrogen and oxygen atoms in total. The van der Waals surface area contributed by atoms with Gasteiger partial charge in [-0.05, 0) is 36.2 Å². The number of halogens is 1. The van der Waals surface area contributed by atoms with Gasteiger partial charge in [0.1, 0.15) is 18.0 Å². The van der Waals surface area contributed by atoms with Crippen molar-refractivity contribution >= 4 is 29.1 Å². The number of unbranched alkanes of at least 4 members (excludes halogenated alkanes) is 1. The summed E-state index contributed by atoms with van der Waals surface area (Å²) in [5.41, 5.74) is 1.26. The van der Waals surface area contributed by atoms with Gasteiger partial charge in [-0.1, -0.05) is 37.1 Å². The first-order valence-electron chi connectivity index (χ1n) is 11.2. The Morgan fingerprint density at radius 2 is 1.94 bits per heavy atom. The smallest absolute Gasteiger partial charge is 0.312 e. The fourth-order valence-electron chi connectivity index (χ4n) is 4.26. The van der Waals surface area contributed by atoms with Crippen LogP contribution in [-0.2, 0) is 20.9 Å². The number of amides is 1. The summed E-state index contributed by atoms with van der Waals surface area (Å²) in [5, 5.41) is 0.415. The van der Waals surface area contributed by atoms with Gasteiger partial charge in [0.25, 0.3) is 5.56 Å². The molecule has 3 aromatic rings. The number of rotatable bonds is 8. The molecule has 0 bridgehead atoms. The van der Waals surface area contributed by atoms with Crippen LogP contribution in [0.4, 0.5) is 0 Å². The van der Waals surface area contributed by atoms with Crippen LogP contribution in [0.2, 0.25) is 5.02 Å². The average Bonchev–Trinajstić information content (AvgIpc) is 3.17. The van der Waals surface area contributed by atoms with Gasteiger partial charge in [-0.15, -0.1) is 0 Å². The van der Waals surface area contributed by atoms with E-state index in [0.29, 0.717) is 28.7 Å². The van der Waals surface area contributed by atoms with Crippen molar-refractivity contribution in [1.82, 2.24) is 14.3 Å². The van der Waals surface area contributed by atoms with Crippen molar-refractivity contribution in [3.8, 4) is 5.75 Å². The Hall–Kier alpha value is -3.39. The molecule has 1 aliphatic rings. The Bertz CT molecular complexity index is 1260. The highest BCUT2D eigenvalue weighted by atomic mass is 35.5. The van der Waals surface area contributed by atoms with Crippen LogP contribution in [0.3, 0.4) is 0 Å². The molecule has 3 heterocycles. The standard InChI is InChI=1S/C25H26ClN3O5/c1-3-4-11-28-23(31)13-20(24(28)16-5-8-19(33-2)9-6-16)25(32)34-15-18-12-22(30)29-14-17(26)7-10-21(29)27-18/h5-10,12,14,20,24H,3-4,11,13,15H2,1-2H3/t20-,24+/m1/s1. The second-order valence-electron chi connectivity index (χ2n) is 8.24. The number of pyridine rings is 1. The summed E-state index contributed by atoms with van der Waals surface area (Å²) in [6.45, 7) is 2.46. The molecule has 34 heavy (non-hydrogen) atoms. The van der Waals surface area contributed by atoms with Gasteiger partial charge in [0, 0.05) is 25.2 Å². The number of benzene rings is 1. The lowest BCUT2D eigenvalue weighted by Crippen LogP contribution is -2.32. The molecule has 0 spiro atoms. The molecule has 0 unspecified atom stereocenters. The molecule has 4 rings (SSSR count). The van der Waals surface area contributed by atoms with Crippen LogP contribution in [0.1, 0.15) is 43.5 Å². The molecule has 1 amide bonds. The van der Waals surface area contributed by atoms with E-state index in [1.54, 1.807) is 24.1 Å². The van der Waals surface area contributed by atoms with Gasteiger partial charge in [-0.3, -0.25) is 18.8 Å². The van der Waals surface area contributed by atoms with E-state index in [2.05, 4.69) is 11.9 Å². The highest BCUT2D eigenvalue weighted by molar-refractivity contribution is 6.30. The van der Waals surface area contributed by atoms with Crippen molar-refractivity contribution in [2.75, 3.05) is 13.7 Å². The van der Waals surface area contributed by atoms with E-state index in [1.165, 1.54) is 16.7 Å². The molecule has 0 radical (unpaired) electrons. The average molecular weight is 484 g/mol. The molecule has 1 aromatic carbocycles. The Balaban J connectivity index is 1.55. The molecular formula is C25H26ClN3O5. The predicted molar refractivity (Wildman–Crippen MR) is 127 cm³/mol. The highest BCUT2D eigenvalue weighted by Crippen LogP contribution is 2.39. The number of esters is 1. The van der Waals surface area contributed by atoms with Crippen LogP contribution in [0, 0.1) is 5.92 Å². The zero-order valence-corrected chi connectivity index (χ0v) is 19.8. The minimum Gasteiger partial charge on any atom is -0.497 e. The van der Waals surface area contributed by atoms with Gasteiger partial charge >= 0.3 is 5.97 Å². The SMILES string of the molecule is CCCCN1C(=O)C[C@@H](C(=O)OCc2cc(=O)n3cc(Cl)ccc3n2)[C@@H]1c1ccc(OC)cc1. The fraction of sp³-hybridized carbons (Fsp3) is 0.360. The molecule has 0 aliphatic carbocycles. The van der Waals surface area contributed by atoms with Crippen molar-refractivity contribution in [2.24, 2.45) is 5.92 Å². The minimum atomic E-state index is -0.655. The predicted octanol–water partition coefficient (Wildman–Crippen LogP) is 3.79. The van der Waals surface area contributed by atoms with Gasteiger partial charge in [-0.25, -0.2) is 4.98 Å². The first kappa shape index (κ1) is 23.8. The third-order valence-corrected chi connectivity index (χ3v) is 6.21. The molecule has 0 saturated carbocycles. The van der Waals surface area contributed by atoms with E-state index in [0.717, 1.165) is 18.4 Å². The third-order valence-electron chi connectivity index (χ3n) is 5.98. The summed E-state index contributed by atoms with van der Waals surface area (Å²) >= 11 is 5.95. The van der Waals surface area contributed by atoms with E-state index in [4.69, 9.17) is 21.1 Å². The minimum absolute atomic E-state index is 0.0739. The van der Waals surface area contributed by atoms with E-state index in [-0.39, 0.29) is 24.5 Å². The van der Waals surface area contributed by atoms with E-state index < -0.39 is 17.9 Å². The number of carbonyl (C=O) groups is 2. The summed E-state index contributed by atoms with van der Waals surface area (Å²) in [4.78, 5) is 44.5. The quantitative estimate of drug-likeness (QED) is 0.453. The first-order valence-corrected chi connectivity index (χ1v) is 11.6. The summed E-state index contributed by atoms with van der Waals surface area (Å²) in [6.07, 6.45) is 3.33. The van der Waals surface area contributed by atoms with E-state index in [1.807, 2.05) is 24.3 Å². The normalized spacial score (nSPS) is 17.9. The van der Waals surface area contributed by atoms with Gasteiger partial charge in [0.2, 0.25) is 5.91 Å². The Morgan fingerprint density at radius 1 is 1.18 bits per heavy atom. The van der Waals surface area contributed by atoms with Crippen LogP contribution in [0.5, 0.6) is 5.75 Å². The lowest BCUT2D eigenvalue weighted by Gasteiger charge is -2.28. The third kappa shape index (κ3) is 4.92. The highest BCUT2D eigenvalue weighted by Gasteiger charge is 2.45. The number of carbonyl (C=O) groups excluding carboxylic acids is 2. The molecule has 178 valence electrons. The van der Waals surface area contributed by atoms with Gasteiger partial charge < -0.3 is 14.4 Å². The number of aromatic nitrogens is 2. The maximum absolute atomic E-state index is 13.1. The maximum Gasteiger partial charge on any atom is 0.312 e. The van der Waals surface area contributed by atoms with Crippen LogP contribution in [-0.4, -0.2) is 39.8 Å². The second kappa shape index (κ2) is 10.3. The van der Waals surface area contributed by atoms with Gasteiger partial charge in [-0.2, -0.15) is 0 Å². The zero-order chi connectivity index (χ0) is 24.2. The van der Waals surface area contributed by atoms with Crippen molar-refractivity contribution in [2.45, 2.75) is 38.8 Å². The molecule has 1 fully saturated rings. The van der Waals surface area contributed by atoms with Crippen molar-refractivity contribution < 1.29 is 19.1 Å². The fourth-order valence-corrected chi connectivity index (χ4v) is 4.42. The second-order valence-corrected chi connectivity index (χ2v) is 8.67. The van der Waals surface area contributed by atoms with Crippen LogP contribution in [0.25, 0.3) is 5.65 Å². The summed E-state index contributed by atoms with van der Waals surface area (Å²) in [7, 11) is 1.59. The molecule has 1 saturated heterocycles. The number of hydrogen-bond acceptors (Lipinski definition) is 6. The largest absolute Gasteiger partial charge is 0.497 e. The number of methoxy groups -OCH3 is 1. The first-order chi connectivity index (χ1) is 16.4. The molecule has 9 heteroatoms. The molecule has 2 aromatic heterocycles. The van der Waals surface area contributed by atoms with Gasteiger partial charge in [0.05, 0.1) is 29.8 Å². The van der Waals surface area contributed by atoms with E-state index in [9.17, 15) is 14.4 Å². The number of ether oxygens (including phenoxy) is 2. The monoisotopic (exact) mass is 483 g/mol. The van der Waals surface area contributed by atoms with Crippen molar-refractivity contribution in [1.29, 1.82) is 0 Å². The lowest BCUT2D eigenvalue weighted by molar-refractivity contribution is -0.151. The van der Waals surface area contributed by atoms with Crippen LogP contribution >= 0.6 is 11.6 Å². The summed E-state index contributed by atoms with van der Waals surface area (Å²) in [6, 6.07) is 11.5. The van der Waals surface area contributed by atoms with E-state index >= 15 is 0 Å².